The zero-order chi connectivity index (χ0) is 6.78. The van der Waals surface area contributed by atoms with Crippen molar-refractivity contribution in [3.8, 4) is 6.07 Å². The minimum absolute atomic E-state index is 0.0118. The summed E-state index contributed by atoms with van der Waals surface area (Å²) in [5, 5.41) is 8.19. The molecule has 1 unspecified atom stereocenters. The normalized spacial score (nSPS) is 14.9. The predicted octanol–water partition coefficient (Wildman–Crippen LogP) is 1.85. The van der Waals surface area contributed by atoms with Crippen molar-refractivity contribution in [2.24, 2.45) is 5.41 Å². The second-order valence-corrected chi connectivity index (χ2v) is 3.41. The van der Waals surface area contributed by atoms with E-state index >= 15 is 0 Å². The van der Waals surface area contributed by atoms with Crippen molar-refractivity contribution in [3.63, 3.8) is 0 Å². The highest BCUT2D eigenvalue weighted by atomic mass is 32.1. The smallest absolute Gasteiger partial charge is 0.0935 e. The highest BCUT2D eigenvalue weighted by Crippen LogP contribution is 2.22. The molecule has 0 saturated heterocycles. The Morgan fingerprint density at radius 1 is 1.50 bits per heavy atom. The lowest BCUT2D eigenvalue weighted by atomic mass is 9.93. The summed E-state index contributed by atoms with van der Waals surface area (Å²) in [5.41, 5.74) is 0.0118. The van der Waals surface area contributed by atoms with Crippen LogP contribution in [0.1, 0.15) is 20.8 Å². The fourth-order valence-corrected chi connectivity index (χ4v) is 0.194. The second kappa shape index (κ2) is 2.41. The van der Waals surface area contributed by atoms with Crippen molar-refractivity contribution >= 4 is 12.6 Å². The lowest BCUT2D eigenvalue weighted by molar-refractivity contribution is 0.439. The number of thiol groups is 1. The largest absolute Gasteiger partial charge is 0.197 e. The van der Waals surface area contributed by atoms with Crippen molar-refractivity contribution in [1.82, 2.24) is 0 Å². The molecule has 0 aliphatic carbocycles. The van der Waals surface area contributed by atoms with Gasteiger partial charge in [-0.15, -0.1) is 0 Å². The summed E-state index contributed by atoms with van der Waals surface area (Å²) in [7, 11) is 0. The zero-order valence-electron chi connectivity index (χ0n) is 5.47. The van der Waals surface area contributed by atoms with Crippen LogP contribution in [0.25, 0.3) is 0 Å². The first-order chi connectivity index (χ1) is 3.48. The van der Waals surface area contributed by atoms with Crippen molar-refractivity contribution in [3.05, 3.63) is 0 Å². The number of hydrogen-bond acceptors (Lipinski definition) is 2. The predicted molar refractivity (Wildman–Crippen MR) is 37.8 cm³/mol. The molecule has 1 nitrogen and oxygen atoms in total. The number of rotatable bonds is 0. The number of nitriles is 1. The Morgan fingerprint density at radius 2 is 1.88 bits per heavy atom. The Morgan fingerprint density at radius 3 is 1.88 bits per heavy atom. The lowest BCUT2D eigenvalue weighted by Crippen LogP contribution is -2.18. The van der Waals surface area contributed by atoms with Crippen molar-refractivity contribution in [2.75, 3.05) is 0 Å². The summed E-state index contributed by atoms with van der Waals surface area (Å²) in [6.07, 6.45) is 0. The first-order valence-electron chi connectivity index (χ1n) is 2.56. The Hall–Kier alpha value is -0.160. The van der Waals surface area contributed by atoms with E-state index in [9.17, 15) is 0 Å². The van der Waals surface area contributed by atoms with Crippen LogP contribution in [0.4, 0.5) is 0 Å². The monoisotopic (exact) mass is 129 g/mol. The molecule has 0 aromatic rings. The van der Waals surface area contributed by atoms with Gasteiger partial charge in [-0.1, -0.05) is 20.8 Å². The molecule has 0 heterocycles. The molecule has 0 aliphatic rings. The minimum atomic E-state index is -0.150. The molecule has 0 aromatic heterocycles. The first kappa shape index (κ1) is 7.84. The van der Waals surface area contributed by atoms with E-state index in [0.29, 0.717) is 0 Å². The van der Waals surface area contributed by atoms with Gasteiger partial charge in [0.25, 0.3) is 0 Å². The van der Waals surface area contributed by atoms with Crippen molar-refractivity contribution < 1.29 is 0 Å². The van der Waals surface area contributed by atoms with Gasteiger partial charge in [-0.25, -0.2) is 0 Å². The quantitative estimate of drug-likeness (QED) is 0.496. The lowest BCUT2D eigenvalue weighted by Gasteiger charge is -2.19. The SMILES string of the molecule is CC(C)(C)C(S)C#N. The molecular formula is C6H11NS. The summed E-state index contributed by atoms with van der Waals surface area (Å²) < 4.78 is 0. The van der Waals surface area contributed by atoms with Gasteiger partial charge in [0.05, 0.1) is 11.3 Å². The van der Waals surface area contributed by atoms with Gasteiger partial charge in [-0.2, -0.15) is 17.9 Å². The molecule has 0 radical (unpaired) electrons. The van der Waals surface area contributed by atoms with Crippen LogP contribution >= 0.6 is 12.6 Å². The van der Waals surface area contributed by atoms with E-state index in [1.54, 1.807) is 0 Å². The van der Waals surface area contributed by atoms with Gasteiger partial charge in [0, 0.05) is 0 Å². The molecule has 0 spiro atoms. The van der Waals surface area contributed by atoms with Crippen LogP contribution in [-0.2, 0) is 0 Å². The molecule has 0 aromatic carbocycles. The van der Waals surface area contributed by atoms with Crippen LogP contribution in [0.15, 0.2) is 0 Å². The summed E-state index contributed by atoms with van der Waals surface area (Å²) in [4.78, 5) is 0. The number of nitrogens with zero attached hydrogens (tertiary/aromatic N) is 1. The van der Waals surface area contributed by atoms with E-state index in [4.69, 9.17) is 5.26 Å². The molecule has 0 fully saturated rings. The van der Waals surface area contributed by atoms with E-state index in [-0.39, 0.29) is 10.7 Å². The Kier molecular flexibility index (Phi) is 2.36. The molecule has 0 N–H and O–H groups in total. The highest BCUT2D eigenvalue weighted by Gasteiger charge is 2.19. The Balaban J connectivity index is 3.87. The van der Waals surface area contributed by atoms with Gasteiger partial charge in [-0.05, 0) is 5.41 Å². The third kappa shape index (κ3) is 2.23. The molecule has 2 heteroatoms. The van der Waals surface area contributed by atoms with E-state index in [1.807, 2.05) is 20.8 Å². The fraction of sp³-hybridized carbons (Fsp3) is 0.833. The molecule has 8 heavy (non-hydrogen) atoms. The average Bonchev–Trinajstić information content (AvgIpc) is 1.62. The summed E-state index contributed by atoms with van der Waals surface area (Å²) in [6, 6.07) is 2.07. The van der Waals surface area contributed by atoms with E-state index in [2.05, 4.69) is 18.7 Å². The number of hydrogen-bond donors (Lipinski definition) is 1. The van der Waals surface area contributed by atoms with E-state index in [1.165, 1.54) is 0 Å². The van der Waals surface area contributed by atoms with Crippen LogP contribution in [0.2, 0.25) is 0 Å². The third-order valence-corrected chi connectivity index (χ3v) is 1.83. The maximum atomic E-state index is 8.34. The van der Waals surface area contributed by atoms with Crippen LogP contribution < -0.4 is 0 Å². The second-order valence-electron chi connectivity index (χ2n) is 2.90. The van der Waals surface area contributed by atoms with Gasteiger partial charge >= 0.3 is 0 Å². The van der Waals surface area contributed by atoms with E-state index in [0.717, 1.165) is 0 Å². The molecule has 0 bridgehead atoms. The summed E-state index contributed by atoms with van der Waals surface area (Å²) >= 11 is 4.05. The average molecular weight is 129 g/mol. The van der Waals surface area contributed by atoms with Gasteiger partial charge in [0.1, 0.15) is 0 Å². The summed E-state index contributed by atoms with van der Waals surface area (Å²) in [5.74, 6) is 0. The fourth-order valence-electron chi connectivity index (χ4n) is 0.194. The van der Waals surface area contributed by atoms with Gasteiger partial charge < -0.3 is 0 Å². The van der Waals surface area contributed by atoms with Gasteiger partial charge in [-0.3, -0.25) is 0 Å². The van der Waals surface area contributed by atoms with Crippen LogP contribution in [0.3, 0.4) is 0 Å². The van der Waals surface area contributed by atoms with Crippen molar-refractivity contribution in [1.29, 1.82) is 5.26 Å². The molecule has 0 aliphatic heterocycles. The maximum Gasteiger partial charge on any atom is 0.0935 e. The Labute approximate surface area is 56.1 Å². The molecule has 0 rings (SSSR count). The topological polar surface area (TPSA) is 23.8 Å². The molecule has 1 atom stereocenters. The van der Waals surface area contributed by atoms with Crippen LogP contribution in [-0.4, -0.2) is 5.25 Å². The van der Waals surface area contributed by atoms with Crippen molar-refractivity contribution in [2.45, 2.75) is 26.0 Å². The van der Waals surface area contributed by atoms with Crippen LogP contribution in [0.5, 0.6) is 0 Å². The van der Waals surface area contributed by atoms with Gasteiger partial charge in [0.2, 0.25) is 0 Å². The molecular weight excluding hydrogens is 118 g/mol. The highest BCUT2D eigenvalue weighted by molar-refractivity contribution is 7.81. The van der Waals surface area contributed by atoms with Gasteiger partial charge in [0.15, 0.2) is 0 Å². The molecule has 0 amide bonds. The first-order valence-corrected chi connectivity index (χ1v) is 3.08. The molecule has 46 valence electrons. The Bertz CT molecular complexity index is 107. The molecule has 0 saturated carbocycles. The van der Waals surface area contributed by atoms with Crippen LogP contribution in [0, 0.1) is 16.7 Å². The third-order valence-electron chi connectivity index (χ3n) is 0.943. The zero-order valence-corrected chi connectivity index (χ0v) is 6.37. The van der Waals surface area contributed by atoms with E-state index < -0.39 is 0 Å². The summed E-state index contributed by atoms with van der Waals surface area (Å²) in [6.45, 7) is 5.98. The minimum Gasteiger partial charge on any atom is -0.197 e. The maximum absolute atomic E-state index is 8.34. The standard InChI is InChI=1S/C6H11NS/c1-6(2,3)5(8)4-7/h5,8H,1-3H3.